The molecule has 15 heteroatoms. The van der Waals surface area contributed by atoms with Gasteiger partial charge in [-0.3, -0.25) is 33.8 Å². The van der Waals surface area contributed by atoms with E-state index in [0.29, 0.717) is 40.9 Å². The molecule has 40 heavy (non-hydrogen) atoms. The quantitative estimate of drug-likeness (QED) is 0.156. The molecule has 1 aromatic carbocycles. The standard InChI is InChI=1S/C25H26BrN3O11/c26-18-5-4-15(38-40-39-25(35)29-22(33)8-9-23(29)34)13-17(18)24-36-14-16(37-24)3-1-2-11-27-19(30)10-12-28-20(31)6-7-21(28)32/h4-7,13,16,24H,1-3,8-12,14H2,(H,27,30). The van der Waals surface area contributed by atoms with E-state index < -0.39 is 36.0 Å². The highest BCUT2D eigenvalue weighted by atomic mass is 79.9. The molecular weight excluding hydrogens is 598 g/mol. The predicted octanol–water partition coefficient (Wildman–Crippen LogP) is 1.98. The van der Waals surface area contributed by atoms with Gasteiger partial charge in [0.25, 0.3) is 11.8 Å². The van der Waals surface area contributed by atoms with E-state index in [0.717, 1.165) is 11.3 Å². The molecule has 3 aliphatic heterocycles. The molecule has 14 nitrogen and oxygen atoms in total. The van der Waals surface area contributed by atoms with Gasteiger partial charge < -0.3 is 14.8 Å². The molecule has 2 saturated heterocycles. The van der Waals surface area contributed by atoms with Gasteiger partial charge in [-0.05, 0) is 37.5 Å². The third-order valence-corrected chi connectivity index (χ3v) is 6.90. The molecule has 0 aliphatic carbocycles. The molecule has 6 amide bonds. The Morgan fingerprint density at radius 3 is 2.50 bits per heavy atom. The summed E-state index contributed by atoms with van der Waals surface area (Å²) < 4.78 is 12.4. The number of nitrogens with one attached hydrogen (secondary N) is 1. The van der Waals surface area contributed by atoms with Crippen LogP contribution in [-0.4, -0.2) is 71.2 Å². The number of rotatable bonds is 12. The van der Waals surface area contributed by atoms with Crippen molar-refractivity contribution in [3.05, 3.63) is 40.4 Å². The zero-order valence-electron chi connectivity index (χ0n) is 21.2. The highest BCUT2D eigenvalue weighted by Crippen LogP contribution is 2.35. The van der Waals surface area contributed by atoms with Crippen molar-refractivity contribution in [2.24, 2.45) is 0 Å². The molecule has 3 heterocycles. The fraction of sp³-hybridized carbons (Fsp3) is 0.440. The average molecular weight is 624 g/mol. The topological polar surface area (TPSA) is 167 Å². The Morgan fingerprint density at radius 1 is 1.05 bits per heavy atom. The molecule has 2 atom stereocenters. The number of nitrogens with zero attached hydrogens (tertiary/aromatic N) is 2. The lowest BCUT2D eigenvalue weighted by Gasteiger charge is -2.15. The number of carbonyl (C=O) groups excluding carboxylic acids is 6. The van der Waals surface area contributed by atoms with E-state index in [1.165, 1.54) is 18.2 Å². The van der Waals surface area contributed by atoms with Gasteiger partial charge >= 0.3 is 6.09 Å². The fourth-order valence-corrected chi connectivity index (χ4v) is 4.53. The summed E-state index contributed by atoms with van der Waals surface area (Å²) in [5.74, 6) is -2.27. The highest BCUT2D eigenvalue weighted by Gasteiger charge is 2.37. The first-order valence-corrected chi connectivity index (χ1v) is 13.3. The van der Waals surface area contributed by atoms with Crippen molar-refractivity contribution < 1.29 is 53.1 Å². The Bertz CT molecular complexity index is 1190. The Balaban J connectivity index is 1.13. The normalized spacial score (nSPS) is 20.5. The van der Waals surface area contributed by atoms with Crippen LogP contribution in [0.1, 0.15) is 50.4 Å². The van der Waals surface area contributed by atoms with Crippen molar-refractivity contribution in [2.75, 3.05) is 19.7 Å². The Morgan fingerprint density at radius 2 is 1.77 bits per heavy atom. The molecule has 1 aromatic rings. The second-order valence-corrected chi connectivity index (χ2v) is 9.84. The molecule has 2 fully saturated rings. The lowest BCUT2D eigenvalue weighted by molar-refractivity contribution is -0.431. The first-order chi connectivity index (χ1) is 19.2. The summed E-state index contributed by atoms with van der Waals surface area (Å²) in [4.78, 5) is 80.7. The van der Waals surface area contributed by atoms with Crippen LogP contribution in [0.2, 0.25) is 0 Å². The van der Waals surface area contributed by atoms with Crippen LogP contribution in [0.4, 0.5) is 4.79 Å². The van der Waals surface area contributed by atoms with Crippen molar-refractivity contribution in [1.82, 2.24) is 15.1 Å². The molecule has 0 radical (unpaired) electrons. The Labute approximate surface area is 236 Å². The molecule has 4 rings (SSSR count). The van der Waals surface area contributed by atoms with E-state index in [-0.39, 0.29) is 43.6 Å². The van der Waals surface area contributed by atoms with Gasteiger partial charge in [0.2, 0.25) is 17.7 Å². The molecule has 3 aliphatic rings. The minimum Gasteiger partial charge on any atom is -0.356 e. The lowest BCUT2D eigenvalue weighted by Crippen LogP contribution is -2.36. The fourth-order valence-electron chi connectivity index (χ4n) is 4.10. The van der Waals surface area contributed by atoms with E-state index >= 15 is 0 Å². The van der Waals surface area contributed by atoms with Gasteiger partial charge in [-0.15, -0.1) is 0 Å². The largest absolute Gasteiger partial charge is 0.458 e. The molecular formula is C25H26BrN3O11. The molecule has 0 aromatic heterocycles. The third-order valence-electron chi connectivity index (χ3n) is 6.18. The minimum atomic E-state index is -1.29. The van der Waals surface area contributed by atoms with E-state index in [1.807, 2.05) is 0 Å². The number of ether oxygens (including phenoxy) is 2. The van der Waals surface area contributed by atoms with Crippen molar-refractivity contribution in [3.8, 4) is 5.75 Å². The van der Waals surface area contributed by atoms with E-state index in [4.69, 9.17) is 14.4 Å². The summed E-state index contributed by atoms with van der Waals surface area (Å²) in [7, 11) is 0. The zero-order valence-corrected chi connectivity index (χ0v) is 22.8. The molecule has 1 N–H and O–H groups in total. The SMILES string of the molecule is O=C(CCN1C(=O)C=CC1=O)NCCCCC1COC(c2cc(OOOC(=O)N3C(=O)CCC3=O)ccc2Br)O1. The zero-order chi connectivity index (χ0) is 28.6. The van der Waals surface area contributed by atoms with Crippen LogP contribution in [0.3, 0.4) is 0 Å². The summed E-state index contributed by atoms with van der Waals surface area (Å²) >= 11 is 3.43. The van der Waals surface area contributed by atoms with E-state index in [1.54, 1.807) is 12.1 Å². The maximum Gasteiger partial charge on any atom is 0.458 e. The van der Waals surface area contributed by atoms with Crippen LogP contribution in [0, 0.1) is 0 Å². The second kappa shape index (κ2) is 13.6. The van der Waals surface area contributed by atoms with Gasteiger partial charge in [0.15, 0.2) is 12.0 Å². The van der Waals surface area contributed by atoms with Crippen LogP contribution in [-0.2, 0) is 43.4 Å². The number of likely N-dealkylation sites (tertiary alicyclic amines) is 1. The number of hydrogen-bond donors (Lipinski definition) is 1. The number of imide groups is 4. The molecule has 0 bridgehead atoms. The van der Waals surface area contributed by atoms with Crippen LogP contribution < -0.4 is 10.2 Å². The van der Waals surface area contributed by atoms with E-state index in [2.05, 4.69) is 31.2 Å². The number of halogens is 1. The number of unbranched alkanes of at least 4 members (excludes halogenated alkanes) is 1. The van der Waals surface area contributed by atoms with Crippen LogP contribution in [0.5, 0.6) is 5.75 Å². The molecule has 0 spiro atoms. The number of benzene rings is 1. The monoisotopic (exact) mass is 623 g/mol. The van der Waals surface area contributed by atoms with Gasteiger partial charge in [0.1, 0.15) is 0 Å². The predicted molar refractivity (Wildman–Crippen MR) is 134 cm³/mol. The average Bonchev–Trinajstić information content (AvgIpc) is 3.62. The summed E-state index contributed by atoms with van der Waals surface area (Å²) in [6.07, 6.45) is 2.26. The van der Waals surface area contributed by atoms with Crippen LogP contribution >= 0.6 is 15.9 Å². The lowest BCUT2D eigenvalue weighted by atomic mass is 10.1. The van der Waals surface area contributed by atoms with E-state index in [9.17, 15) is 28.8 Å². The number of carbonyl (C=O) groups is 6. The maximum absolute atomic E-state index is 12.0. The summed E-state index contributed by atoms with van der Waals surface area (Å²) in [6.45, 7) is 0.850. The second-order valence-electron chi connectivity index (χ2n) is 8.99. The smallest absolute Gasteiger partial charge is 0.356 e. The maximum atomic E-state index is 12.0. The first-order valence-electron chi connectivity index (χ1n) is 12.5. The van der Waals surface area contributed by atoms with Gasteiger partial charge in [0.05, 0.1) is 12.7 Å². The van der Waals surface area contributed by atoms with Crippen LogP contribution in [0.25, 0.3) is 0 Å². The van der Waals surface area contributed by atoms with Gasteiger partial charge in [-0.1, -0.05) is 15.9 Å². The van der Waals surface area contributed by atoms with Crippen molar-refractivity contribution in [1.29, 1.82) is 0 Å². The molecule has 214 valence electrons. The van der Waals surface area contributed by atoms with Crippen molar-refractivity contribution in [2.45, 2.75) is 50.9 Å². The highest BCUT2D eigenvalue weighted by molar-refractivity contribution is 9.10. The van der Waals surface area contributed by atoms with Gasteiger partial charge in [-0.25, -0.2) is 9.68 Å². The minimum absolute atomic E-state index is 0.0450. The number of amides is 6. The van der Waals surface area contributed by atoms with Gasteiger partial charge in [0, 0.05) is 59.6 Å². The first kappa shape index (κ1) is 29.3. The molecule has 2 unspecified atom stereocenters. The Hall–Kier alpha value is -3.66. The van der Waals surface area contributed by atoms with Gasteiger partial charge in [-0.2, -0.15) is 4.90 Å². The van der Waals surface area contributed by atoms with Crippen molar-refractivity contribution in [3.63, 3.8) is 0 Å². The number of hydrogen-bond acceptors (Lipinski definition) is 11. The van der Waals surface area contributed by atoms with Crippen LogP contribution in [0.15, 0.2) is 34.8 Å². The molecule has 0 saturated carbocycles. The van der Waals surface area contributed by atoms with Crippen molar-refractivity contribution >= 4 is 51.6 Å². The summed E-state index contributed by atoms with van der Waals surface area (Å²) in [5, 5.41) is 7.23. The summed E-state index contributed by atoms with van der Waals surface area (Å²) in [5.41, 5.74) is 0.595. The summed E-state index contributed by atoms with van der Waals surface area (Å²) in [6, 6.07) is 4.72. The Kier molecular flexibility index (Phi) is 9.98. The third kappa shape index (κ3) is 7.50.